The molecular weight excluding hydrogens is 357 g/mol. The average Bonchev–Trinajstić information content (AvgIpc) is 2.95. The smallest absolute Gasteiger partial charge is 0.165 e. The molecule has 0 amide bonds. The molecule has 3 aromatic rings. The van der Waals surface area contributed by atoms with E-state index in [1.165, 1.54) is 4.90 Å². The Hall–Kier alpha value is -1.59. The lowest BCUT2D eigenvalue weighted by molar-refractivity contribution is -0.922. The second kappa shape index (κ2) is 7.34. The summed E-state index contributed by atoms with van der Waals surface area (Å²) in [5, 5.41) is 1.34. The summed E-state index contributed by atoms with van der Waals surface area (Å²) in [6.07, 6.45) is 0. The third kappa shape index (κ3) is 3.67. The van der Waals surface area contributed by atoms with Crippen molar-refractivity contribution in [1.82, 2.24) is 9.55 Å². The number of hydrogen-bond donors (Lipinski definition) is 1. The summed E-state index contributed by atoms with van der Waals surface area (Å²) in [5.41, 5.74) is 3.21. The molecule has 1 aliphatic heterocycles. The van der Waals surface area contributed by atoms with Crippen LogP contribution in [0.2, 0.25) is 10.0 Å². The number of morpholine rings is 1. The van der Waals surface area contributed by atoms with Crippen molar-refractivity contribution < 1.29 is 9.64 Å². The van der Waals surface area contributed by atoms with Gasteiger partial charge in [-0.15, -0.1) is 0 Å². The third-order valence-electron chi connectivity index (χ3n) is 4.69. The summed E-state index contributed by atoms with van der Waals surface area (Å²) in [7, 11) is 0. The number of rotatable bonds is 4. The van der Waals surface area contributed by atoms with Crippen molar-refractivity contribution in [2.24, 2.45) is 0 Å². The van der Waals surface area contributed by atoms with E-state index in [-0.39, 0.29) is 0 Å². The van der Waals surface area contributed by atoms with E-state index in [1.54, 1.807) is 6.07 Å². The molecule has 4 rings (SSSR count). The van der Waals surface area contributed by atoms with Gasteiger partial charge in [0.25, 0.3) is 0 Å². The Kier molecular flexibility index (Phi) is 4.95. The van der Waals surface area contributed by atoms with Gasteiger partial charge in [0.05, 0.1) is 30.8 Å². The lowest BCUT2D eigenvalue weighted by atomic mass is 10.2. The van der Waals surface area contributed by atoms with E-state index in [4.69, 9.17) is 32.9 Å². The molecule has 0 unspecified atom stereocenters. The van der Waals surface area contributed by atoms with Gasteiger partial charge < -0.3 is 14.2 Å². The molecule has 6 heteroatoms. The van der Waals surface area contributed by atoms with Gasteiger partial charge in [0.2, 0.25) is 0 Å². The molecule has 1 saturated heterocycles. The first-order chi connectivity index (χ1) is 12.2. The van der Waals surface area contributed by atoms with Crippen LogP contribution in [0.15, 0.2) is 42.5 Å². The Balaban J connectivity index is 1.70. The molecule has 4 nitrogen and oxygen atoms in total. The number of nitrogens with one attached hydrogen (secondary N) is 1. The van der Waals surface area contributed by atoms with Crippen molar-refractivity contribution in [3.05, 3.63) is 63.9 Å². The summed E-state index contributed by atoms with van der Waals surface area (Å²) in [6, 6.07) is 13.9. The third-order valence-corrected chi connectivity index (χ3v) is 5.27. The van der Waals surface area contributed by atoms with Gasteiger partial charge in [-0.2, -0.15) is 0 Å². The van der Waals surface area contributed by atoms with Gasteiger partial charge in [-0.1, -0.05) is 41.4 Å². The second-order valence-corrected chi connectivity index (χ2v) is 7.22. The molecule has 0 radical (unpaired) electrons. The van der Waals surface area contributed by atoms with Gasteiger partial charge in [-0.25, -0.2) is 4.98 Å². The standard InChI is InChI=1S/C19H19Cl2N3O/c20-15-6-5-14(16(21)11-15)12-24-18-4-2-1-3-17(18)22-19(24)13-23-7-9-25-10-8-23/h1-6,11H,7-10,12-13H2/p+1. The minimum atomic E-state index is 0.655. The normalized spacial score (nSPS) is 15.8. The highest BCUT2D eigenvalue weighted by atomic mass is 35.5. The first-order valence-electron chi connectivity index (χ1n) is 8.50. The Morgan fingerprint density at radius 3 is 2.68 bits per heavy atom. The van der Waals surface area contributed by atoms with Crippen LogP contribution >= 0.6 is 23.2 Å². The number of ether oxygens (including phenoxy) is 1. The maximum Gasteiger partial charge on any atom is 0.165 e. The summed E-state index contributed by atoms with van der Waals surface area (Å²) >= 11 is 12.4. The van der Waals surface area contributed by atoms with E-state index in [2.05, 4.69) is 22.8 Å². The minimum absolute atomic E-state index is 0.655. The molecule has 2 heterocycles. The van der Waals surface area contributed by atoms with Gasteiger partial charge in [0.15, 0.2) is 5.82 Å². The molecule has 1 aliphatic rings. The number of halogens is 2. The summed E-state index contributed by atoms with van der Waals surface area (Å²) in [6.45, 7) is 5.26. The van der Waals surface area contributed by atoms with Crippen LogP contribution in [-0.2, 0) is 17.8 Å². The van der Waals surface area contributed by atoms with E-state index in [0.29, 0.717) is 16.6 Å². The van der Waals surface area contributed by atoms with Crippen LogP contribution in [0.4, 0.5) is 0 Å². The second-order valence-electron chi connectivity index (χ2n) is 6.38. The zero-order valence-corrected chi connectivity index (χ0v) is 15.4. The van der Waals surface area contributed by atoms with Crippen LogP contribution in [0.5, 0.6) is 0 Å². The van der Waals surface area contributed by atoms with Crippen LogP contribution in [0.25, 0.3) is 11.0 Å². The van der Waals surface area contributed by atoms with E-state index in [9.17, 15) is 0 Å². The molecule has 0 saturated carbocycles. The topological polar surface area (TPSA) is 31.5 Å². The number of fused-ring (bicyclic) bond motifs is 1. The monoisotopic (exact) mass is 376 g/mol. The fraction of sp³-hybridized carbons (Fsp3) is 0.316. The van der Waals surface area contributed by atoms with Crippen molar-refractivity contribution in [2.45, 2.75) is 13.1 Å². The van der Waals surface area contributed by atoms with Crippen LogP contribution in [0.3, 0.4) is 0 Å². The van der Waals surface area contributed by atoms with E-state index in [1.807, 2.05) is 18.2 Å². The van der Waals surface area contributed by atoms with Gasteiger partial charge in [0.1, 0.15) is 19.6 Å². The number of quaternary nitrogens is 1. The largest absolute Gasteiger partial charge is 0.370 e. The lowest BCUT2D eigenvalue weighted by Crippen LogP contribution is -3.12. The van der Waals surface area contributed by atoms with Gasteiger partial charge in [-0.05, 0) is 29.8 Å². The Labute approximate surface area is 156 Å². The highest BCUT2D eigenvalue weighted by molar-refractivity contribution is 6.35. The predicted octanol–water partition coefficient (Wildman–Crippen LogP) is 2.81. The summed E-state index contributed by atoms with van der Waals surface area (Å²) < 4.78 is 7.74. The van der Waals surface area contributed by atoms with Crippen LogP contribution in [0, 0.1) is 0 Å². The molecule has 1 aromatic heterocycles. The number of benzene rings is 2. The van der Waals surface area contributed by atoms with E-state index in [0.717, 1.165) is 55.3 Å². The van der Waals surface area contributed by atoms with Crippen molar-refractivity contribution in [3.63, 3.8) is 0 Å². The number of imidazole rings is 1. The first kappa shape index (κ1) is 16.9. The quantitative estimate of drug-likeness (QED) is 0.758. The Morgan fingerprint density at radius 1 is 1.08 bits per heavy atom. The van der Waals surface area contributed by atoms with Crippen molar-refractivity contribution in [1.29, 1.82) is 0 Å². The SMILES string of the molecule is Clc1ccc(Cn2c(C[NH+]3CCOCC3)nc3ccccc32)c(Cl)c1. The fourth-order valence-corrected chi connectivity index (χ4v) is 3.79. The average molecular weight is 377 g/mol. The molecule has 0 spiro atoms. The molecule has 0 bridgehead atoms. The molecule has 1 fully saturated rings. The zero-order chi connectivity index (χ0) is 17.2. The molecule has 0 aliphatic carbocycles. The molecule has 1 N–H and O–H groups in total. The highest BCUT2D eigenvalue weighted by Gasteiger charge is 2.20. The van der Waals surface area contributed by atoms with Crippen LogP contribution in [0.1, 0.15) is 11.4 Å². The van der Waals surface area contributed by atoms with Gasteiger partial charge >= 0.3 is 0 Å². The van der Waals surface area contributed by atoms with E-state index >= 15 is 0 Å². The summed E-state index contributed by atoms with van der Waals surface area (Å²) in [5.74, 6) is 1.09. The van der Waals surface area contributed by atoms with Gasteiger partial charge in [-0.3, -0.25) is 0 Å². The Morgan fingerprint density at radius 2 is 1.88 bits per heavy atom. The predicted molar refractivity (Wildman–Crippen MR) is 101 cm³/mol. The molecular formula is C19H20Cl2N3O+. The van der Waals surface area contributed by atoms with E-state index < -0.39 is 0 Å². The maximum absolute atomic E-state index is 6.40. The highest BCUT2D eigenvalue weighted by Crippen LogP contribution is 2.24. The molecule has 0 atom stereocenters. The molecule has 25 heavy (non-hydrogen) atoms. The first-order valence-corrected chi connectivity index (χ1v) is 9.26. The van der Waals surface area contributed by atoms with Crippen molar-refractivity contribution in [3.8, 4) is 0 Å². The minimum Gasteiger partial charge on any atom is -0.370 e. The van der Waals surface area contributed by atoms with Crippen LogP contribution in [-0.4, -0.2) is 35.9 Å². The maximum atomic E-state index is 6.40. The number of aromatic nitrogens is 2. The number of hydrogen-bond acceptors (Lipinski definition) is 2. The molecule has 2 aromatic carbocycles. The van der Waals surface area contributed by atoms with Crippen LogP contribution < -0.4 is 4.90 Å². The Bertz CT molecular complexity index is 888. The zero-order valence-electron chi connectivity index (χ0n) is 13.8. The number of para-hydroxylation sites is 2. The lowest BCUT2D eigenvalue weighted by Gasteiger charge is -2.23. The molecule has 130 valence electrons. The number of nitrogens with zero attached hydrogens (tertiary/aromatic N) is 2. The fourth-order valence-electron chi connectivity index (χ4n) is 3.32. The summed E-state index contributed by atoms with van der Waals surface area (Å²) in [4.78, 5) is 6.39. The van der Waals surface area contributed by atoms with Crippen molar-refractivity contribution >= 4 is 34.2 Å². The van der Waals surface area contributed by atoms with Gasteiger partial charge in [0, 0.05) is 10.0 Å². The van der Waals surface area contributed by atoms with Crippen molar-refractivity contribution in [2.75, 3.05) is 26.3 Å².